The van der Waals surface area contributed by atoms with Crippen LogP contribution in [0.3, 0.4) is 0 Å². The van der Waals surface area contributed by atoms with Crippen LogP contribution >= 0.6 is 0 Å². The average molecular weight is 214 g/mol. The molecule has 0 aromatic carbocycles. The number of carbonyl (C=O) groups excluding carboxylic acids is 1. The molecule has 0 rings (SSSR count). The van der Waals surface area contributed by atoms with Gasteiger partial charge in [0.05, 0.1) is 6.04 Å². The van der Waals surface area contributed by atoms with E-state index in [1.165, 1.54) is 0 Å². The molecule has 0 bridgehead atoms. The van der Waals surface area contributed by atoms with Crippen molar-refractivity contribution in [3.8, 4) is 0 Å². The first-order chi connectivity index (χ1) is 6.99. The minimum atomic E-state index is 0.0107. The second-order valence-corrected chi connectivity index (χ2v) is 4.72. The minimum Gasteiger partial charge on any atom is -0.330 e. The third kappa shape index (κ3) is 6.63. The zero-order valence-electron chi connectivity index (χ0n) is 10.5. The molecule has 0 saturated heterocycles. The Morgan fingerprint density at radius 1 is 1.20 bits per heavy atom. The van der Waals surface area contributed by atoms with Crippen LogP contribution in [0.15, 0.2) is 0 Å². The van der Waals surface area contributed by atoms with E-state index in [9.17, 15) is 4.79 Å². The number of hydrogen-bond donors (Lipinski definition) is 2. The molecular formula is C12H26N2O. The summed E-state index contributed by atoms with van der Waals surface area (Å²) in [5.74, 6) is 0.430. The van der Waals surface area contributed by atoms with Gasteiger partial charge in [0.25, 0.3) is 0 Å². The molecule has 0 amide bonds. The van der Waals surface area contributed by atoms with Gasteiger partial charge in [0.15, 0.2) is 5.78 Å². The lowest BCUT2D eigenvalue weighted by atomic mass is 9.96. The number of Topliss-reactive ketones (excluding diaryl/α,β-unsaturated/α-hetero) is 1. The van der Waals surface area contributed by atoms with E-state index in [0.717, 1.165) is 19.3 Å². The van der Waals surface area contributed by atoms with Gasteiger partial charge >= 0.3 is 0 Å². The summed E-state index contributed by atoms with van der Waals surface area (Å²) in [6.45, 7) is 8.78. The Morgan fingerprint density at radius 2 is 1.80 bits per heavy atom. The van der Waals surface area contributed by atoms with Crippen molar-refractivity contribution in [2.24, 2.45) is 11.7 Å². The van der Waals surface area contributed by atoms with E-state index in [4.69, 9.17) is 5.73 Å². The molecule has 3 nitrogen and oxygen atoms in total. The van der Waals surface area contributed by atoms with E-state index in [2.05, 4.69) is 19.2 Å². The molecule has 15 heavy (non-hydrogen) atoms. The fourth-order valence-corrected chi connectivity index (χ4v) is 1.61. The Labute approximate surface area is 93.8 Å². The molecule has 0 aliphatic carbocycles. The van der Waals surface area contributed by atoms with Gasteiger partial charge in [0, 0.05) is 12.0 Å². The molecule has 0 heterocycles. The van der Waals surface area contributed by atoms with Gasteiger partial charge in [-0.15, -0.1) is 0 Å². The summed E-state index contributed by atoms with van der Waals surface area (Å²) < 4.78 is 0. The average Bonchev–Trinajstić information content (AvgIpc) is 2.14. The summed E-state index contributed by atoms with van der Waals surface area (Å²) in [5, 5.41) is 3.33. The molecule has 3 N–H and O–H groups in total. The molecule has 1 atom stereocenters. The van der Waals surface area contributed by atoms with Crippen LogP contribution < -0.4 is 11.1 Å². The third-order valence-corrected chi connectivity index (χ3v) is 2.39. The van der Waals surface area contributed by atoms with Gasteiger partial charge < -0.3 is 11.1 Å². The van der Waals surface area contributed by atoms with Crippen LogP contribution in [0.25, 0.3) is 0 Å². The number of nitrogens with two attached hydrogens (primary N) is 1. The van der Waals surface area contributed by atoms with Crippen LogP contribution in [-0.4, -0.2) is 24.4 Å². The van der Waals surface area contributed by atoms with Crippen LogP contribution in [0.2, 0.25) is 0 Å². The maximum Gasteiger partial charge on any atom is 0.152 e. The van der Waals surface area contributed by atoms with Crippen molar-refractivity contribution >= 4 is 5.78 Å². The van der Waals surface area contributed by atoms with E-state index in [1.807, 2.05) is 13.8 Å². The maximum absolute atomic E-state index is 11.9. The first kappa shape index (κ1) is 14.6. The Bertz CT molecular complexity index is 178. The van der Waals surface area contributed by atoms with Gasteiger partial charge in [0.1, 0.15) is 0 Å². The van der Waals surface area contributed by atoms with Crippen molar-refractivity contribution in [1.29, 1.82) is 0 Å². The summed E-state index contributed by atoms with van der Waals surface area (Å²) >= 11 is 0. The minimum absolute atomic E-state index is 0.0107. The Kier molecular flexibility index (Phi) is 7.61. The molecule has 0 aliphatic rings. The Morgan fingerprint density at radius 3 is 2.20 bits per heavy atom. The number of carbonyl (C=O) groups is 1. The second-order valence-electron chi connectivity index (χ2n) is 4.72. The van der Waals surface area contributed by atoms with Crippen LogP contribution in [0.4, 0.5) is 0 Å². The van der Waals surface area contributed by atoms with Crippen molar-refractivity contribution in [2.45, 2.75) is 59.0 Å². The topological polar surface area (TPSA) is 55.1 Å². The molecule has 0 aromatic heterocycles. The number of rotatable bonds is 8. The number of hydrogen-bond acceptors (Lipinski definition) is 3. The lowest BCUT2D eigenvalue weighted by molar-refractivity contribution is -0.124. The molecule has 0 spiro atoms. The maximum atomic E-state index is 11.9. The molecule has 0 fully saturated rings. The summed E-state index contributed by atoms with van der Waals surface area (Å²) in [4.78, 5) is 11.9. The highest BCUT2D eigenvalue weighted by molar-refractivity contribution is 5.85. The highest BCUT2D eigenvalue weighted by Crippen LogP contribution is 2.08. The zero-order valence-corrected chi connectivity index (χ0v) is 10.5. The Hall–Kier alpha value is -0.410. The molecule has 1 unspecified atom stereocenters. The lowest BCUT2D eigenvalue weighted by Gasteiger charge is -2.21. The number of unbranched alkanes of at least 4 members (excludes halogenated alkanes) is 1. The zero-order chi connectivity index (χ0) is 11.8. The SMILES string of the molecule is CC(C)NC(CCCCN)C(=O)C(C)C. The van der Waals surface area contributed by atoms with Crippen LogP contribution in [0.5, 0.6) is 0 Å². The van der Waals surface area contributed by atoms with Gasteiger partial charge in [0.2, 0.25) is 0 Å². The van der Waals surface area contributed by atoms with Gasteiger partial charge in [-0.25, -0.2) is 0 Å². The van der Waals surface area contributed by atoms with Crippen molar-refractivity contribution < 1.29 is 4.79 Å². The van der Waals surface area contributed by atoms with E-state index < -0.39 is 0 Å². The van der Waals surface area contributed by atoms with E-state index >= 15 is 0 Å². The number of nitrogens with one attached hydrogen (secondary N) is 1. The smallest absolute Gasteiger partial charge is 0.152 e. The first-order valence-electron chi connectivity index (χ1n) is 5.98. The van der Waals surface area contributed by atoms with Crippen molar-refractivity contribution in [3.05, 3.63) is 0 Å². The summed E-state index contributed by atoms with van der Waals surface area (Å²) in [7, 11) is 0. The molecule has 0 saturated carbocycles. The largest absolute Gasteiger partial charge is 0.330 e. The van der Waals surface area contributed by atoms with E-state index in [-0.39, 0.29) is 12.0 Å². The van der Waals surface area contributed by atoms with Gasteiger partial charge in [-0.05, 0) is 19.4 Å². The monoisotopic (exact) mass is 214 g/mol. The van der Waals surface area contributed by atoms with Gasteiger partial charge in [-0.3, -0.25) is 4.79 Å². The quantitative estimate of drug-likeness (QED) is 0.605. The Balaban J connectivity index is 4.11. The molecular weight excluding hydrogens is 188 g/mol. The molecule has 3 heteroatoms. The highest BCUT2D eigenvalue weighted by Gasteiger charge is 2.20. The normalized spacial score (nSPS) is 13.5. The predicted octanol–water partition coefficient (Wildman–Crippen LogP) is 1.71. The fraction of sp³-hybridized carbons (Fsp3) is 0.917. The molecule has 90 valence electrons. The van der Waals surface area contributed by atoms with E-state index in [0.29, 0.717) is 18.4 Å². The van der Waals surface area contributed by atoms with E-state index in [1.54, 1.807) is 0 Å². The third-order valence-electron chi connectivity index (χ3n) is 2.39. The molecule has 0 aromatic rings. The van der Waals surface area contributed by atoms with Crippen LogP contribution in [0.1, 0.15) is 47.0 Å². The fourth-order valence-electron chi connectivity index (χ4n) is 1.61. The highest BCUT2D eigenvalue weighted by atomic mass is 16.1. The number of ketones is 1. The van der Waals surface area contributed by atoms with Crippen LogP contribution in [0, 0.1) is 5.92 Å². The van der Waals surface area contributed by atoms with Crippen LogP contribution in [-0.2, 0) is 4.79 Å². The summed E-state index contributed by atoms with van der Waals surface area (Å²) in [6, 6.07) is 0.368. The lowest BCUT2D eigenvalue weighted by Crippen LogP contribution is -2.42. The van der Waals surface area contributed by atoms with Gasteiger partial charge in [-0.2, -0.15) is 0 Å². The van der Waals surface area contributed by atoms with Crippen molar-refractivity contribution in [3.63, 3.8) is 0 Å². The van der Waals surface area contributed by atoms with Crippen molar-refractivity contribution in [2.75, 3.05) is 6.54 Å². The predicted molar refractivity (Wildman–Crippen MR) is 64.8 cm³/mol. The second kappa shape index (κ2) is 7.83. The molecule has 0 aliphatic heterocycles. The van der Waals surface area contributed by atoms with Crippen molar-refractivity contribution in [1.82, 2.24) is 5.32 Å². The molecule has 0 radical (unpaired) electrons. The summed E-state index contributed by atoms with van der Waals surface area (Å²) in [5.41, 5.74) is 5.45. The standard InChI is InChI=1S/C12H26N2O/c1-9(2)12(15)11(14-10(3)4)7-5-6-8-13/h9-11,14H,5-8,13H2,1-4H3. The summed E-state index contributed by atoms with van der Waals surface area (Å²) in [6.07, 6.45) is 2.94. The first-order valence-corrected chi connectivity index (χ1v) is 5.98. The van der Waals surface area contributed by atoms with Gasteiger partial charge in [-0.1, -0.05) is 34.1 Å².